The number of carbonyl (C=O) groups is 1. The van der Waals surface area contributed by atoms with Crippen molar-refractivity contribution in [2.75, 3.05) is 50.0 Å². The molecule has 0 radical (unpaired) electrons. The molecule has 1 aliphatic heterocycles. The van der Waals surface area contributed by atoms with Crippen LogP contribution in [0.15, 0.2) is 24.3 Å². The molecular formula is C15H23N3O2. The molecular weight excluding hydrogens is 254 g/mol. The summed E-state index contributed by atoms with van der Waals surface area (Å²) in [5, 5.41) is 0. The van der Waals surface area contributed by atoms with E-state index in [-0.39, 0.29) is 5.91 Å². The molecule has 0 spiro atoms. The highest BCUT2D eigenvalue weighted by molar-refractivity contribution is 5.77. The topological polar surface area (TPSA) is 58.8 Å². The number of hydrogen-bond acceptors (Lipinski definition) is 4. The third-order valence-corrected chi connectivity index (χ3v) is 3.57. The Morgan fingerprint density at radius 3 is 2.60 bits per heavy atom. The number of benzene rings is 1. The molecule has 2 rings (SSSR count). The molecule has 0 aromatic heterocycles. The van der Waals surface area contributed by atoms with Gasteiger partial charge < -0.3 is 20.3 Å². The minimum atomic E-state index is 0.180. The van der Waals surface area contributed by atoms with E-state index in [0.29, 0.717) is 19.6 Å². The van der Waals surface area contributed by atoms with Gasteiger partial charge in [-0.05, 0) is 19.1 Å². The van der Waals surface area contributed by atoms with Crippen LogP contribution < -0.4 is 10.6 Å². The zero-order valence-electron chi connectivity index (χ0n) is 12.0. The van der Waals surface area contributed by atoms with Gasteiger partial charge in [0.25, 0.3) is 0 Å². The lowest BCUT2D eigenvalue weighted by molar-refractivity contribution is -0.132. The van der Waals surface area contributed by atoms with Crippen LogP contribution in [0.3, 0.4) is 0 Å². The number of nitrogens with two attached hydrogens (primary N) is 1. The number of nitrogens with zero attached hydrogens (tertiary/aromatic N) is 2. The Kier molecular flexibility index (Phi) is 5.24. The van der Waals surface area contributed by atoms with Gasteiger partial charge in [0.15, 0.2) is 0 Å². The maximum Gasteiger partial charge on any atom is 0.225 e. The minimum Gasteiger partial charge on any atom is -0.397 e. The number of hydrogen-bond donors (Lipinski definition) is 1. The van der Waals surface area contributed by atoms with Gasteiger partial charge in [-0.15, -0.1) is 0 Å². The van der Waals surface area contributed by atoms with E-state index in [2.05, 4.69) is 4.90 Å². The lowest BCUT2D eigenvalue weighted by Gasteiger charge is -2.36. The predicted molar refractivity (Wildman–Crippen MR) is 80.8 cm³/mol. The zero-order valence-corrected chi connectivity index (χ0v) is 12.0. The molecule has 5 nitrogen and oxygen atoms in total. The molecule has 1 amide bonds. The molecule has 2 N–H and O–H groups in total. The Morgan fingerprint density at radius 2 is 1.95 bits per heavy atom. The van der Waals surface area contributed by atoms with E-state index in [4.69, 9.17) is 10.5 Å². The van der Waals surface area contributed by atoms with Crippen molar-refractivity contribution in [1.82, 2.24) is 4.90 Å². The van der Waals surface area contributed by atoms with E-state index in [1.807, 2.05) is 36.1 Å². The number of piperazine rings is 1. The van der Waals surface area contributed by atoms with Crippen LogP contribution in [0.2, 0.25) is 0 Å². The Bertz CT molecular complexity index is 442. The largest absolute Gasteiger partial charge is 0.397 e. The average Bonchev–Trinajstić information content (AvgIpc) is 2.48. The summed E-state index contributed by atoms with van der Waals surface area (Å²) in [7, 11) is 0. The van der Waals surface area contributed by atoms with Crippen molar-refractivity contribution in [3.63, 3.8) is 0 Å². The van der Waals surface area contributed by atoms with Gasteiger partial charge in [-0.3, -0.25) is 4.79 Å². The first-order valence-electron chi connectivity index (χ1n) is 7.17. The van der Waals surface area contributed by atoms with Gasteiger partial charge in [-0.25, -0.2) is 0 Å². The van der Waals surface area contributed by atoms with Crippen molar-refractivity contribution in [3.8, 4) is 0 Å². The molecule has 0 atom stereocenters. The van der Waals surface area contributed by atoms with E-state index < -0.39 is 0 Å². The van der Waals surface area contributed by atoms with Gasteiger partial charge in [-0.2, -0.15) is 0 Å². The summed E-state index contributed by atoms with van der Waals surface area (Å²) >= 11 is 0. The van der Waals surface area contributed by atoms with Gasteiger partial charge in [0.2, 0.25) is 5.91 Å². The number of para-hydroxylation sites is 2. The van der Waals surface area contributed by atoms with E-state index in [1.165, 1.54) is 0 Å². The Morgan fingerprint density at radius 1 is 1.25 bits per heavy atom. The summed E-state index contributed by atoms with van der Waals surface area (Å²) in [5.41, 5.74) is 7.85. The number of anilines is 2. The zero-order chi connectivity index (χ0) is 14.4. The summed E-state index contributed by atoms with van der Waals surface area (Å²) in [4.78, 5) is 16.1. The Hall–Kier alpha value is -1.75. The Labute approximate surface area is 120 Å². The second kappa shape index (κ2) is 7.14. The van der Waals surface area contributed by atoms with Crippen LogP contribution in [0.25, 0.3) is 0 Å². The summed E-state index contributed by atoms with van der Waals surface area (Å²) in [5.74, 6) is 0.180. The maximum absolute atomic E-state index is 12.0. The molecule has 5 heteroatoms. The minimum absolute atomic E-state index is 0.180. The smallest absolute Gasteiger partial charge is 0.225 e. The highest BCUT2D eigenvalue weighted by Gasteiger charge is 2.21. The Balaban J connectivity index is 1.83. The van der Waals surface area contributed by atoms with Crippen LogP contribution in [-0.2, 0) is 9.53 Å². The van der Waals surface area contributed by atoms with E-state index in [0.717, 1.165) is 37.6 Å². The molecule has 1 aromatic rings. The molecule has 1 saturated heterocycles. The summed E-state index contributed by atoms with van der Waals surface area (Å²) < 4.78 is 5.23. The maximum atomic E-state index is 12.0. The average molecular weight is 277 g/mol. The number of ether oxygens (including phenoxy) is 1. The number of rotatable bonds is 5. The van der Waals surface area contributed by atoms with Crippen molar-refractivity contribution in [1.29, 1.82) is 0 Å². The van der Waals surface area contributed by atoms with Crippen molar-refractivity contribution < 1.29 is 9.53 Å². The van der Waals surface area contributed by atoms with Crippen LogP contribution in [0.5, 0.6) is 0 Å². The van der Waals surface area contributed by atoms with Crippen LogP contribution in [0.1, 0.15) is 13.3 Å². The highest BCUT2D eigenvalue weighted by atomic mass is 16.5. The first-order chi connectivity index (χ1) is 9.72. The fourth-order valence-corrected chi connectivity index (χ4v) is 2.43. The summed E-state index contributed by atoms with van der Waals surface area (Å²) in [6, 6.07) is 7.87. The second-order valence-electron chi connectivity index (χ2n) is 4.87. The van der Waals surface area contributed by atoms with Gasteiger partial charge in [0.1, 0.15) is 0 Å². The number of carbonyl (C=O) groups excluding carboxylic acids is 1. The monoisotopic (exact) mass is 277 g/mol. The molecule has 1 heterocycles. The van der Waals surface area contributed by atoms with Gasteiger partial charge in [0, 0.05) is 32.8 Å². The van der Waals surface area contributed by atoms with Crippen molar-refractivity contribution in [2.24, 2.45) is 0 Å². The highest BCUT2D eigenvalue weighted by Crippen LogP contribution is 2.23. The standard InChI is InChI=1S/C15H23N3O2/c1-2-20-12-7-15(19)18-10-8-17(9-11-18)14-6-4-3-5-13(14)16/h3-6H,2,7-12,16H2,1H3. The molecule has 0 aliphatic carbocycles. The lowest BCUT2D eigenvalue weighted by Crippen LogP contribution is -2.49. The van der Waals surface area contributed by atoms with Gasteiger partial charge >= 0.3 is 0 Å². The predicted octanol–water partition coefficient (Wildman–Crippen LogP) is 1.34. The fraction of sp³-hybridized carbons (Fsp3) is 0.533. The molecule has 20 heavy (non-hydrogen) atoms. The molecule has 1 fully saturated rings. The van der Waals surface area contributed by atoms with Crippen molar-refractivity contribution in [3.05, 3.63) is 24.3 Å². The molecule has 0 unspecified atom stereocenters. The third-order valence-electron chi connectivity index (χ3n) is 3.57. The summed E-state index contributed by atoms with van der Waals surface area (Å²) in [6.07, 6.45) is 0.474. The first-order valence-corrected chi connectivity index (χ1v) is 7.17. The molecule has 1 aromatic carbocycles. The molecule has 0 bridgehead atoms. The molecule has 1 aliphatic rings. The normalized spacial score (nSPS) is 15.4. The lowest BCUT2D eigenvalue weighted by atomic mass is 10.2. The van der Waals surface area contributed by atoms with Crippen molar-refractivity contribution >= 4 is 17.3 Å². The van der Waals surface area contributed by atoms with Crippen LogP contribution >= 0.6 is 0 Å². The van der Waals surface area contributed by atoms with Crippen LogP contribution in [0.4, 0.5) is 11.4 Å². The fourth-order valence-electron chi connectivity index (χ4n) is 2.43. The van der Waals surface area contributed by atoms with Crippen LogP contribution in [-0.4, -0.2) is 50.2 Å². The number of amides is 1. The van der Waals surface area contributed by atoms with E-state index in [9.17, 15) is 4.79 Å². The van der Waals surface area contributed by atoms with E-state index in [1.54, 1.807) is 0 Å². The second-order valence-corrected chi connectivity index (χ2v) is 4.87. The number of nitrogen functional groups attached to an aromatic ring is 1. The van der Waals surface area contributed by atoms with Crippen molar-refractivity contribution in [2.45, 2.75) is 13.3 Å². The van der Waals surface area contributed by atoms with Gasteiger partial charge in [-0.1, -0.05) is 12.1 Å². The molecule has 0 saturated carbocycles. The van der Waals surface area contributed by atoms with Gasteiger partial charge in [0.05, 0.1) is 24.4 Å². The summed E-state index contributed by atoms with van der Waals surface area (Å²) in [6.45, 7) is 6.27. The first kappa shape index (κ1) is 14.7. The molecule has 110 valence electrons. The SMILES string of the molecule is CCOCCC(=O)N1CCN(c2ccccc2N)CC1. The van der Waals surface area contributed by atoms with E-state index >= 15 is 0 Å². The quantitative estimate of drug-likeness (QED) is 0.652. The van der Waals surface area contributed by atoms with Crippen LogP contribution in [0, 0.1) is 0 Å². The third kappa shape index (κ3) is 3.63.